The molecule has 52 heavy (non-hydrogen) atoms. The molecule has 302 valence electrons. The topological polar surface area (TPSA) is 54.0 Å². The van der Waals surface area contributed by atoms with Crippen molar-refractivity contribution in [3.8, 4) is 0 Å². The van der Waals surface area contributed by atoms with Crippen molar-refractivity contribution in [2.75, 3.05) is 0 Å². The Hall–Kier alpha value is -0.519. The normalized spacial score (nSPS) is 28.2. The van der Waals surface area contributed by atoms with Gasteiger partial charge in [-0.05, 0) is 144 Å². The van der Waals surface area contributed by atoms with Crippen LogP contribution in [0.5, 0.6) is 0 Å². The molecule has 0 radical (unpaired) electrons. The van der Waals surface area contributed by atoms with E-state index in [9.17, 15) is 4.79 Å². The number of ether oxygens (including phenoxy) is 1. The number of allylic oxidation sites excluding steroid dienone is 3. The van der Waals surface area contributed by atoms with Gasteiger partial charge >= 0.3 is 5.97 Å². The third-order valence-electron chi connectivity index (χ3n) is 14.9. The second-order valence-electron chi connectivity index (χ2n) is 21.1. The van der Waals surface area contributed by atoms with Crippen LogP contribution >= 0.6 is 0 Å². The van der Waals surface area contributed by atoms with E-state index in [0.717, 1.165) is 43.8 Å². The zero-order chi connectivity index (χ0) is 39.6. The smallest absolute Gasteiger partial charge is 0.306 e. The molecule has 3 aliphatic carbocycles. The van der Waals surface area contributed by atoms with Crippen molar-refractivity contribution in [2.24, 2.45) is 17.3 Å². The van der Waals surface area contributed by atoms with Crippen molar-refractivity contribution in [2.45, 2.75) is 233 Å². The summed E-state index contributed by atoms with van der Waals surface area (Å²) < 4.78 is 27.2. The number of hydrogen-bond donors (Lipinski definition) is 0. The van der Waals surface area contributed by atoms with Crippen LogP contribution in [0.4, 0.5) is 0 Å². The number of carbonyl (C=O) groups is 1. The summed E-state index contributed by atoms with van der Waals surface area (Å²) in [6.45, 7) is 39.4. The quantitative estimate of drug-likeness (QED) is 0.122. The van der Waals surface area contributed by atoms with Crippen molar-refractivity contribution < 1.29 is 22.8 Å². The fraction of sp³-hybridized carbons (Fsp3) is 0.886. The van der Waals surface area contributed by atoms with Gasteiger partial charge in [-0.3, -0.25) is 4.79 Å². The first-order chi connectivity index (χ1) is 23.7. The monoisotopic (exact) mass is 777 g/mol. The van der Waals surface area contributed by atoms with Gasteiger partial charge in [0, 0.05) is 12.3 Å². The molecule has 8 heteroatoms. The van der Waals surface area contributed by atoms with Gasteiger partial charge in [-0.15, -0.1) is 0 Å². The summed E-state index contributed by atoms with van der Waals surface area (Å²) in [6.07, 6.45) is 15.4. The summed E-state index contributed by atoms with van der Waals surface area (Å²) in [4.78, 5) is 13.3. The predicted molar refractivity (Wildman–Crippen MR) is 229 cm³/mol. The van der Waals surface area contributed by atoms with Crippen LogP contribution in [0.15, 0.2) is 23.3 Å². The minimum atomic E-state index is -1.92. The second kappa shape index (κ2) is 17.3. The summed E-state index contributed by atoms with van der Waals surface area (Å²) in [6, 6.07) is 3.37. The van der Waals surface area contributed by atoms with Crippen molar-refractivity contribution in [3.05, 3.63) is 23.3 Å². The van der Waals surface area contributed by atoms with E-state index in [2.05, 4.69) is 128 Å². The average molecular weight is 777 g/mol. The summed E-state index contributed by atoms with van der Waals surface area (Å²) in [5.74, 6) is 0.876. The fourth-order valence-corrected chi connectivity index (χ4v) is 15.2. The largest absolute Gasteiger partial charge is 0.462 e. The lowest BCUT2D eigenvalue weighted by Crippen LogP contribution is -2.48. The molecule has 3 rings (SSSR count). The lowest BCUT2D eigenvalue weighted by molar-refractivity contribution is -0.154. The van der Waals surface area contributed by atoms with Crippen molar-refractivity contribution in [1.82, 2.24) is 0 Å². The van der Waals surface area contributed by atoms with E-state index in [0.29, 0.717) is 24.7 Å². The zero-order valence-electron chi connectivity index (χ0n) is 37.3. The Bertz CT molecular complexity index is 1200. The van der Waals surface area contributed by atoms with Crippen molar-refractivity contribution in [1.29, 1.82) is 0 Å². The van der Waals surface area contributed by atoms with E-state index < -0.39 is 25.0 Å². The minimum absolute atomic E-state index is 0.0643. The number of carbonyl (C=O) groups excluding carboxylic acids is 1. The van der Waals surface area contributed by atoms with Crippen LogP contribution in [0.3, 0.4) is 0 Å². The lowest BCUT2D eigenvalue weighted by atomic mass is 9.62. The standard InChI is InChI=1S/C44H84O5Si3/c1-18-52(19-2,20-3)49-43(11,12)29-27-40(45)46-33(4)38-25-26-39-35(22-21-28-44(38,39)13)24-23-34-30-36(47-50(14,15)41(5,6)7)32-37(31-34)48-51(16,17)42(8,9)10/h23-24,33,36-39H,18-22,25-32H2,1-17H3/b35-24+/t33-,36+,37+,38+,39-,44+/m0/s1. The molecule has 5 nitrogen and oxygen atoms in total. The minimum Gasteiger partial charge on any atom is -0.462 e. The second-order valence-corrected chi connectivity index (χ2v) is 35.3. The van der Waals surface area contributed by atoms with E-state index in [4.69, 9.17) is 18.0 Å². The molecule has 0 saturated heterocycles. The molecule has 0 unspecified atom stereocenters. The number of rotatable bonds is 15. The molecular formula is C44H84O5Si3. The number of esters is 1. The van der Waals surface area contributed by atoms with E-state index in [-0.39, 0.29) is 45.4 Å². The van der Waals surface area contributed by atoms with Crippen molar-refractivity contribution in [3.63, 3.8) is 0 Å². The van der Waals surface area contributed by atoms with E-state index >= 15 is 0 Å². The maximum absolute atomic E-state index is 13.3. The average Bonchev–Trinajstić information content (AvgIpc) is 3.38. The van der Waals surface area contributed by atoms with Gasteiger partial charge in [0.25, 0.3) is 0 Å². The lowest BCUT2D eigenvalue weighted by Gasteiger charge is -2.45. The maximum atomic E-state index is 13.3. The van der Waals surface area contributed by atoms with Gasteiger partial charge in [0.1, 0.15) is 6.10 Å². The Kier molecular flexibility index (Phi) is 15.3. The fourth-order valence-electron chi connectivity index (χ4n) is 9.26. The van der Waals surface area contributed by atoms with Gasteiger partial charge in [0.05, 0.1) is 17.8 Å². The molecule has 6 atom stereocenters. The molecule has 0 aromatic carbocycles. The summed E-state index contributed by atoms with van der Waals surface area (Å²) in [5, 5.41) is 0.362. The van der Waals surface area contributed by atoms with Crippen LogP contribution in [0, 0.1) is 17.3 Å². The highest BCUT2D eigenvalue weighted by Gasteiger charge is 2.52. The Labute approximate surface area is 325 Å². The maximum Gasteiger partial charge on any atom is 0.306 e. The van der Waals surface area contributed by atoms with Gasteiger partial charge in [0.15, 0.2) is 25.0 Å². The third-order valence-corrected chi connectivity index (χ3v) is 28.8. The van der Waals surface area contributed by atoms with Gasteiger partial charge < -0.3 is 18.0 Å². The Morgan fingerprint density at radius 1 is 0.846 bits per heavy atom. The predicted octanol–water partition coefficient (Wildman–Crippen LogP) is 13.5. The van der Waals surface area contributed by atoms with Crippen LogP contribution in [0.2, 0.25) is 54.4 Å². The van der Waals surface area contributed by atoms with Crippen LogP contribution in [-0.4, -0.2) is 54.8 Å². The van der Waals surface area contributed by atoms with E-state index in [1.54, 1.807) is 5.57 Å². The van der Waals surface area contributed by atoms with E-state index in [1.165, 1.54) is 31.3 Å². The van der Waals surface area contributed by atoms with E-state index in [1.807, 2.05) is 0 Å². The van der Waals surface area contributed by atoms with Crippen LogP contribution in [0.25, 0.3) is 0 Å². The molecule has 0 aromatic heterocycles. The number of fused-ring (bicyclic) bond motifs is 1. The molecule has 0 aliphatic heterocycles. The summed E-state index contributed by atoms with van der Waals surface area (Å²) in [5.41, 5.74) is 2.95. The molecule has 0 bridgehead atoms. The molecule has 0 heterocycles. The SMILES string of the molecule is CC[Si](CC)(CC)OC(C)(C)CCC(=O)O[C@@H](C)[C@H]1CC[C@H]2/C(=C/C=C3C[C@@H](O[Si](C)(C)C(C)(C)C)C[C@H](O[Si](C)(C)C(C)(C)C)C3)CCC[C@]12C. The Balaban J connectivity index is 1.74. The van der Waals surface area contributed by atoms with Crippen LogP contribution in [-0.2, 0) is 22.8 Å². The third kappa shape index (κ3) is 11.3. The van der Waals surface area contributed by atoms with Gasteiger partial charge in [-0.25, -0.2) is 0 Å². The molecule has 3 fully saturated rings. The molecule has 0 spiro atoms. The molecule has 3 saturated carbocycles. The highest BCUT2D eigenvalue weighted by Crippen LogP contribution is 2.59. The van der Waals surface area contributed by atoms with Crippen molar-refractivity contribution >= 4 is 30.9 Å². The van der Waals surface area contributed by atoms with Crippen LogP contribution in [0.1, 0.15) is 154 Å². The summed E-state index contributed by atoms with van der Waals surface area (Å²) >= 11 is 0. The zero-order valence-corrected chi connectivity index (χ0v) is 40.3. The molecular weight excluding hydrogens is 693 g/mol. The Morgan fingerprint density at radius 3 is 1.85 bits per heavy atom. The van der Waals surface area contributed by atoms with Crippen LogP contribution < -0.4 is 0 Å². The molecule has 0 aromatic rings. The molecule has 0 amide bonds. The Morgan fingerprint density at radius 2 is 1.37 bits per heavy atom. The first-order valence-corrected chi connectivity index (χ1v) is 29.7. The first-order valence-electron chi connectivity index (χ1n) is 21.4. The van der Waals surface area contributed by atoms with Gasteiger partial charge in [-0.1, -0.05) is 92.5 Å². The van der Waals surface area contributed by atoms with Gasteiger partial charge in [-0.2, -0.15) is 0 Å². The summed E-state index contributed by atoms with van der Waals surface area (Å²) in [7, 11) is -5.58. The molecule has 0 N–H and O–H groups in total. The first kappa shape index (κ1) is 45.9. The highest BCUT2D eigenvalue weighted by atomic mass is 28.4. The number of hydrogen-bond acceptors (Lipinski definition) is 5. The molecule has 3 aliphatic rings. The van der Waals surface area contributed by atoms with Gasteiger partial charge in [0.2, 0.25) is 0 Å². The highest BCUT2D eigenvalue weighted by molar-refractivity contribution is 6.74.